The van der Waals surface area contributed by atoms with Crippen LogP contribution in [0.1, 0.15) is 42.6 Å². The fourth-order valence-corrected chi connectivity index (χ4v) is 3.72. The Morgan fingerprint density at radius 3 is 2.28 bits per heavy atom. The number of ketones is 1. The van der Waals surface area contributed by atoms with Crippen LogP contribution in [-0.4, -0.2) is 42.3 Å². The predicted molar refractivity (Wildman–Crippen MR) is 116 cm³/mol. The minimum absolute atomic E-state index is 0.0301. The summed E-state index contributed by atoms with van der Waals surface area (Å²) in [5.74, 6) is 1.02. The van der Waals surface area contributed by atoms with Crippen molar-refractivity contribution in [3.8, 4) is 5.75 Å². The lowest BCUT2D eigenvalue weighted by Gasteiger charge is -2.34. The fraction of sp³-hybridized carbons (Fsp3) is 0.417. The molecule has 5 nitrogen and oxygen atoms in total. The summed E-state index contributed by atoms with van der Waals surface area (Å²) < 4.78 is 5.43. The van der Waals surface area contributed by atoms with Crippen LogP contribution < -0.4 is 10.1 Å². The van der Waals surface area contributed by atoms with E-state index in [9.17, 15) is 9.59 Å². The topological polar surface area (TPSA) is 58.6 Å². The van der Waals surface area contributed by atoms with Crippen LogP contribution in [0.3, 0.4) is 0 Å². The van der Waals surface area contributed by atoms with E-state index in [0.717, 1.165) is 48.5 Å². The van der Waals surface area contributed by atoms with E-state index in [-0.39, 0.29) is 23.7 Å². The third-order valence-corrected chi connectivity index (χ3v) is 5.60. The van der Waals surface area contributed by atoms with Gasteiger partial charge >= 0.3 is 0 Å². The maximum Gasteiger partial charge on any atom is 0.241 e. The van der Waals surface area contributed by atoms with Crippen LogP contribution in [0.2, 0.25) is 0 Å². The molecule has 1 N–H and O–H groups in total. The zero-order valence-electron chi connectivity index (χ0n) is 17.5. The maximum absolute atomic E-state index is 12.7. The van der Waals surface area contributed by atoms with Gasteiger partial charge in [0.05, 0.1) is 12.6 Å². The molecule has 1 aliphatic heterocycles. The fourth-order valence-electron chi connectivity index (χ4n) is 3.72. The normalized spacial score (nSPS) is 16.2. The molecule has 1 heterocycles. The second-order valence-corrected chi connectivity index (χ2v) is 7.66. The first kappa shape index (κ1) is 21.1. The summed E-state index contributed by atoms with van der Waals surface area (Å²) in [6, 6.07) is 15.0. The lowest BCUT2D eigenvalue weighted by atomic mass is 9.88. The Morgan fingerprint density at radius 1 is 1.07 bits per heavy atom. The molecule has 1 atom stereocenters. The van der Waals surface area contributed by atoms with Gasteiger partial charge in [0, 0.05) is 17.2 Å². The van der Waals surface area contributed by atoms with E-state index in [1.165, 1.54) is 0 Å². The van der Waals surface area contributed by atoms with Crippen molar-refractivity contribution in [1.82, 2.24) is 4.90 Å². The second kappa shape index (κ2) is 9.70. The summed E-state index contributed by atoms with van der Waals surface area (Å²) >= 11 is 0. The van der Waals surface area contributed by atoms with Gasteiger partial charge in [-0.2, -0.15) is 0 Å². The molecule has 1 unspecified atom stereocenters. The van der Waals surface area contributed by atoms with Gasteiger partial charge in [-0.05, 0) is 71.0 Å². The zero-order valence-corrected chi connectivity index (χ0v) is 17.5. The Labute approximate surface area is 173 Å². The quantitative estimate of drug-likeness (QED) is 0.711. The van der Waals surface area contributed by atoms with Crippen molar-refractivity contribution in [3.63, 3.8) is 0 Å². The second-order valence-electron chi connectivity index (χ2n) is 7.66. The lowest BCUT2D eigenvalue weighted by Crippen LogP contribution is -2.47. The Morgan fingerprint density at radius 2 is 1.69 bits per heavy atom. The highest BCUT2D eigenvalue weighted by molar-refractivity contribution is 5.98. The van der Waals surface area contributed by atoms with E-state index in [0.29, 0.717) is 6.61 Å². The zero-order chi connectivity index (χ0) is 20.8. The number of nitrogens with one attached hydrogen (secondary N) is 1. The highest BCUT2D eigenvalue weighted by atomic mass is 16.5. The molecule has 0 aromatic heterocycles. The molecule has 5 heteroatoms. The molecule has 1 saturated heterocycles. The monoisotopic (exact) mass is 394 g/mol. The van der Waals surface area contributed by atoms with Gasteiger partial charge in [-0.1, -0.05) is 29.8 Å². The summed E-state index contributed by atoms with van der Waals surface area (Å²) in [5, 5.41) is 2.97. The van der Waals surface area contributed by atoms with E-state index in [4.69, 9.17) is 4.74 Å². The van der Waals surface area contributed by atoms with Crippen molar-refractivity contribution in [2.45, 2.75) is 39.7 Å². The van der Waals surface area contributed by atoms with Gasteiger partial charge in [-0.25, -0.2) is 0 Å². The van der Waals surface area contributed by atoms with Gasteiger partial charge in [0.25, 0.3) is 0 Å². The first-order valence-corrected chi connectivity index (χ1v) is 10.4. The number of hydrogen-bond donors (Lipinski definition) is 1. The lowest BCUT2D eigenvalue weighted by molar-refractivity contribution is -0.121. The van der Waals surface area contributed by atoms with E-state index in [1.807, 2.05) is 69.3 Å². The van der Waals surface area contributed by atoms with Gasteiger partial charge in [0.15, 0.2) is 5.78 Å². The van der Waals surface area contributed by atoms with Crippen LogP contribution >= 0.6 is 0 Å². The van der Waals surface area contributed by atoms with Crippen molar-refractivity contribution in [2.24, 2.45) is 5.92 Å². The summed E-state index contributed by atoms with van der Waals surface area (Å²) in [5.41, 5.74) is 2.70. The number of nitrogens with zero attached hydrogens (tertiary/aromatic N) is 1. The molecule has 0 saturated carbocycles. The van der Waals surface area contributed by atoms with Crippen LogP contribution in [0.15, 0.2) is 48.5 Å². The molecule has 0 bridgehead atoms. The van der Waals surface area contributed by atoms with Crippen LogP contribution in [0.25, 0.3) is 0 Å². The number of likely N-dealkylation sites (tertiary alicyclic amines) is 1. The summed E-state index contributed by atoms with van der Waals surface area (Å²) in [4.78, 5) is 27.5. The van der Waals surface area contributed by atoms with Crippen molar-refractivity contribution >= 4 is 17.4 Å². The number of Topliss-reactive ketones (excluding diaryl/α,β-unsaturated/α-hetero) is 1. The Balaban J connectivity index is 1.51. The molecule has 0 aliphatic carbocycles. The minimum Gasteiger partial charge on any atom is -0.494 e. The molecule has 1 aliphatic rings. The Hall–Kier alpha value is -2.66. The maximum atomic E-state index is 12.7. The number of amides is 1. The number of carbonyl (C=O) groups excluding carboxylic acids is 2. The van der Waals surface area contributed by atoms with Gasteiger partial charge in [0.1, 0.15) is 5.75 Å². The molecule has 2 aromatic rings. The SMILES string of the molecule is CCOc1ccc(NC(=O)C(C)N2CCC(C(=O)c3ccc(C)cc3)CC2)cc1. The Bertz CT molecular complexity index is 822. The first-order valence-electron chi connectivity index (χ1n) is 10.4. The van der Waals surface area contributed by atoms with E-state index in [2.05, 4.69) is 10.2 Å². The third-order valence-electron chi connectivity index (χ3n) is 5.60. The van der Waals surface area contributed by atoms with E-state index < -0.39 is 0 Å². The molecular formula is C24H30N2O3. The predicted octanol–water partition coefficient (Wildman–Crippen LogP) is 4.32. The van der Waals surface area contributed by atoms with Crippen LogP contribution in [-0.2, 0) is 4.79 Å². The van der Waals surface area contributed by atoms with Crippen molar-refractivity contribution in [1.29, 1.82) is 0 Å². The number of piperidine rings is 1. The average Bonchev–Trinajstić information content (AvgIpc) is 2.75. The number of aryl methyl sites for hydroxylation is 1. The number of benzene rings is 2. The molecule has 29 heavy (non-hydrogen) atoms. The summed E-state index contributed by atoms with van der Waals surface area (Å²) in [6.07, 6.45) is 1.57. The first-order chi connectivity index (χ1) is 14.0. The number of anilines is 1. The van der Waals surface area contributed by atoms with E-state index in [1.54, 1.807) is 0 Å². The molecule has 154 valence electrons. The van der Waals surface area contributed by atoms with Gasteiger partial charge < -0.3 is 10.1 Å². The standard InChI is InChI=1S/C24H30N2O3/c1-4-29-22-11-9-21(10-12-22)25-24(28)18(3)26-15-13-20(14-16-26)23(27)19-7-5-17(2)6-8-19/h5-12,18,20H,4,13-16H2,1-3H3,(H,25,28). The molecule has 0 radical (unpaired) electrons. The number of hydrogen-bond acceptors (Lipinski definition) is 4. The minimum atomic E-state index is -0.239. The highest BCUT2D eigenvalue weighted by Crippen LogP contribution is 2.24. The highest BCUT2D eigenvalue weighted by Gasteiger charge is 2.30. The summed E-state index contributed by atoms with van der Waals surface area (Å²) in [7, 11) is 0. The summed E-state index contributed by atoms with van der Waals surface area (Å²) in [6.45, 7) is 8.00. The molecule has 1 amide bonds. The molecule has 0 spiro atoms. The Kier molecular flexibility index (Phi) is 7.04. The number of ether oxygens (including phenoxy) is 1. The van der Waals surface area contributed by atoms with Crippen molar-refractivity contribution in [3.05, 3.63) is 59.7 Å². The van der Waals surface area contributed by atoms with Crippen molar-refractivity contribution in [2.75, 3.05) is 25.0 Å². The van der Waals surface area contributed by atoms with Crippen molar-refractivity contribution < 1.29 is 14.3 Å². The number of rotatable bonds is 7. The average molecular weight is 395 g/mol. The van der Waals surface area contributed by atoms with Gasteiger partial charge in [0.2, 0.25) is 5.91 Å². The van der Waals surface area contributed by atoms with E-state index >= 15 is 0 Å². The molecule has 1 fully saturated rings. The molecule has 3 rings (SSSR count). The largest absolute Gasteiger partial charge is 0.494 e. The third kappa shape index (κ3) is 5.45. The van der Waals surface area contributed by atoms with Gasteiger partial charge in [-0.3, -0.25) is 14.5 Å². The van der Waals surface area contributed by atoms with Crippen LogP contribution in [0, 0.1) is 12.8 Å². The molecule has 2 aromatic carbocycles. The van der Waals surface area contributed by atoms with Crippen LogP contribution in [0.4, 0.5) is 5.69 Å². The molecular weight excluding hydrogens is 364 g/mol. The number of carbonyl (C=O) groups is 2. The smallest absolute Gasteiger partial charge is 0.241 e. The van der Waals surface area contributed by atoms with Gasteiger partial charge in [-0.15, -0.1) is 0 Å². The van der Waals surface area contributed by atoms with Crippen LogP contribution in [0.5, 0.6) is 5.75 Å².